The van der Waals surface area contributed by atoms with E-state index < -0.39 is 5.97 Å². The van der Waals surface area contributed by atoms with E-state index in [4.69, 9.17) is 22.4 Å². The highest BCUT2D eigenvalue weighted by atomic mass is 35.5. The third kappa shape index (κ3) is 3.38. The molecule has 1 rings (SSSR count). The molecule has 0 heterocycles. The predicted molar refractivity (Wildman–Crippen MR) is 61.1 cm³/mol. The van der Waals surface area contributed by atoms with Crippen molar-refractivity contribution in [2.45, 2.75) is 6.42 Å². The summed E-state index contributed by atoms with van der Waals surface area (Å²) >= 11 is 5.90. The Balaban J connectivity index is 2.95. The van der Waals surface area contributed by atoms with Crippen LogP contribution in [0.3, 0.4) is 0 Å². The second kappa shape index (κ2) is 5.53. The van der Waals surface area contributed by atoms with Crippen molar-refractivity contribution < 1.29 is 9.90 Å². The van der Waals surface area contributed by atoms with E-state index in [2.05, 4.69) is 0 Å². The van der Waals surface area contributed by atoms with Gasteiger partial charge in [-0.2, -0.15) is 0 Å². The van der Waals surface area contributed by atoms with Crippen molar-refractivity contribution in [3.05, 3.63) is 40.4 Å². The second-order valence-electron chi connectivity index (χ2n) is 3.02. The first-order valence-electron chi connectivity index (χ1n) is 4.54. The molecule has 0 bridgehead atoms. The summed E-state index contributed by atoms with van der Waals surface area (Å²) in [6.45, 7) is 0.562. The monoisotopic (exact) mass is 225 g/mol. The maximum absolute atomic E-state index is 10.7. The van der Waals surface area contributed by atoms with Crippen molar-refractivity contribution >= 4 is 23.6 Å². The number of carboxylic acids is 1. The molecule has 0 unspecified atom stereocenters. The van der Waals surface area contributed by atoms with Gasteiger partial charge in [0, 0.05) is 5.02 Å². The summed E-state index contributed by atoms with van der Waals surface area (Å²) in [5, 5.41) is 9.32. The molecular weight excluding hydrogens is 214 g/mol. The molecule has 0 radical (unpaired) electrons. The predicted octanol–water partition coefficient (Wildman–Crippen LogP) is 2.40. The molecule has 4 heteroatoms. The molecule has 0 aliphatic carbocycles. The van der Waals surface area contributed by atoms with Crippen LogP contribution in [0.15, 0.2) is 24.3 Å². The highest BCUT2D eigenvalue weighted by Crippen LogP contribution is 2.19. The highest BCUT2D eigenvalue weighted by Gasteiger charge is 2.04. The van der Waals surface area contributed by atoms with Crippen molar-refractivity contribution in [1.29, 1.82) is 0 Å². The molecule has 80 valence electrons. The molecule has 0 saturated heterocycles. The minimum atomic E-state index is -0.958. The number of carbonyl (C=O) groups is 1. The number of carboxylic acid groups (broad SMARTS) is 1. The van der Waals surface area contributed by atoms with Crippen molar-refractivity contribution in [2.24, 2.45) is 5.73 Å². The molecule has 0 aliphatic heterocycles. The highest BCUT2D eigenvalue weighted by molar-refractivity contribution is 6.32. The number of aromatic carboxylic acids is 1. The van der Waals surface area contributed by atoms with Gasteiger partial charge in [-0.05, 0) is 36.7 Å². The van der Waals surface area contributed by atoms with Gasteiger partial charge in [0.25, 0.3) is 0 Å². The Hall–Kier alpha value is -1.32. The average molecular weight is 226 g/mol. The normalized spacial score (nSPS) is 10.8. The molecule has 0 fully saturated rings. The van der Waals surface area contributed by atoms with Crippen LogP contribution in [0.2, 0.25) is 5.02 Å². The molecule has 0 amide bonds. The number of hydrogen-bond acceptors (Lipinski definition) is 2. The lowest BCUT2D eigenvalue weighted by Gasteiger charge is -2.00. The molecule has 0 aromatic heterocycles. The van der Waals surface area contributed by atoms with E-state index in [0.29, 0.717) is 17.1 Å². The van der Waals surface area contributed by atoms with E-state index in [1.807, 2.05) is 6.08 Å². The lowest BCUT2D eigenvalue weighted by atomic mass is 10.1. The van der Waals surface area contributed by atoms with E-state index in [1.54, 1.807) is 12.1 Å². The fourth-order valence-electron chi connectivity index (χ4n) is 1.11. The van der Waals surface area contributed by atoms with Gasteiger partial charge in [0.2, 0.25) is 0 Å². The van der Waals surface area contributed by atoms with Crippen LogP contribution in [0.5, 0.6) is 0 Å². The zero-order valence-electron chi connectivity index (χ0n) is 8.11. The standard InChI is InChI=1S/C11H12ClNO2/c12-10-5-4-9(11(14)15)7-8(10)3-1-2-6-13/h1,3-5,7H,2,6,13H2,(H,14,15). The summed E-state index contributed by atoms with van der Waals surface area (Å²) < 4.78 is 0. The maximum atomic E-state index is 10.7. The van der Waals surface area contributed by atoms with E-state index in [1.165, 1.54) is 12.1 Å². The van der Waals surface area contributed by atoms with Gasteiger partial charge in [0.15, 0.2) is 0 Å². The largest absolute Gasteiger partial charge is 0.478 e. The Morgan fingerprint density at radius 1 is 1.53 bits per heavy atom. The van der Waals surface area contributed by atoms with Gasteiger partial charge in [-0.3, -0.25) is 0 Å². The molecule has 0 spiro atoms. The van der Waals surface area contributed by atoms with Crippen molar-refractivity contribution in [1.82, 2.24) is 0 Å². The molecule has 15 heavy (non-hydrogen) atoms. The van der Waals surface area contributed by atoms with Crippen LogP contribution in [0.1, 0.15) is 22.3 Å². The summed E-state index contributed by atoms with van der Waals surface area (Å²) in [6, 6.07) is 4.59. The first kappa shape index (κ1) is 11.8. The molecule has 0 aliphatic rings. The third-order valence-corrected chi connectivity index (χ3v) is 2.22. The fraction of sp³-hybridized carbons (Fsp3) is 0.182. The van der Waals surface area contributed by atoms with Gasteiger partial charge in [-0.25, -0.2) is 4.79 Å². The zero-order chi connectivity index (χ0) is 11.3. The molecule has 3 N–H and O–H groups in total. The molecule has 0 atom stereocenters. The van der Waals surface area contributed by atoms with Crippen molar-refractivity contribution in [3.8, 4) is 0 Å². The van der Waals surface area contributed by atoms with Crippen LogP contribution in [-0.4, -0.2) is 17.6 Å². The van der Waals surface area contributed by atoms with E-state index in [-0.39, 0.29) is 5.56 Å². The van der Waals surface area contributed by atoms with Gasteiger partial charge in [0.05, 0.1) is 5.56 Å². The van der Waals surface area contributed by atoms with Crippen LogP contribution in [0, 0.1) is 0 Å². The van der Waals surface area contributed by atoms with Crippen LogP contribution in [0.25, 0.3) is 6.08 Å². The van der Waals surface area contributed by atoms with Gasteiger partial charge in [-0.15, -0.1) is 0 Å². The van der Waals surface area contributed by atoms with E-state index in [0.717, 1.165) is 6.42 Å². The average Bonchev–Trinajstić information content (AvgIpc) is 2.20. The Morgan fingerprint density at radius 3 is 2.87 bits per heavy atom. The maximum Gasteiger partial charge on any atom is 0.335 e. The first-order chi connectivity index (χ1) is 7.15. The van der Waals surface area contributed by atoms with Gasteiger partial charge in [0.1, 0.15) is 0 Å². The first-order valence-corrected chi connectivity index (χ1v) is 4.92. The minimum Gasteiger partial charge on any atom is -0.478 e. The number of rotatable bonds is 4. The molecule has 1 aromatic rings. The summed E-state index contributed by atoms with van der Waals surface area (Å²) in [7, 11) is 0. The second-order valence-corrected chi connectivity index (χ2v) is 3.43. The van der Waals surface area contributed by atoms with Crippen LogP contribution in [0.4, 0.5) is 0 Å². The summed E-state index contributed by atoms with van der Waals surface area (Å²) in [4.78, 5) is 10.7. The number of nitrogens with two attached hydrogens (primary N) is 1. The lowest BCUT2D eigenvalue weighted by molar-refractivity contribution is 0.0697. The number of halogens is 1. The van der Waals surface area contributed by atoms with Crippen LogP contribution < -0.4 is 5.73 Å². The molecule has 0 saturated carbocycles. The Morgan fingerprint density at radius 2 is 2.27 bits per heavy atom. The Kier molecular flexibility index (Phi) is 4.34. The minimum absolute atomic E-state index is 0.229. The Labute approximate surface area is 93.2 Å². The smallest absolute Gasteiger partial charge is 0.335 e. The van der Waals surface area contributed by atoms with Crippen molar-refractivity contribution in [2.75, 3.05) is 6.54 Å². The van der Waals surface area contributed by atoms with Gasteiger partial charge in [-0.1, -0.05) is 23.8 Å². The summed E-state index contributed by atoms with van der Waals surface area (Å²) in [6.07, 6.45) is 4.39. The van der Waals surface area contributed by atoms with Gasteiger partial charge < -0.3 is 10.8 Å². The van der Waals surface area contributed by atoms with Crippen LogP contribution in [-0.2, 0) is 0 Å². The summed E-state index contributed by atoms with van der Waals surface area (Å²) in [5.74, 6) is -0.958. The van der Waals surface area contributed by atoms with E-state index in [9.17, 15) is 4.79 Å². The molecule has 3 nitrogen and oxygen atoms in total. The Bertz CT molecular complexity index is 388. The lowest BCUT2D eigenvalue weighted by Crippen LogP contribution is -1.97. The number of hydrogen-bond donors (Lipinski definition) is 2. The van der Waals surface area contributed by atoms with E-state index >= 15 is 0 Å². The topological polar surface area (TPSA) is 63.3 Å². The number of benzene rings is 1. The molecule has 1 aromatic carbocycles. The SMILES string of the molecule is NCCC=Cc1cc(C(=O)O)ccc1Cl. The summed E-state index contributed by atoms with van der Waals surface area (Å²) in [5.41, 5.74) is 6.26. The van der Waals surface area contributed by atoms with Crippen LogP contribution >= 0.6 is 11.6 Å². The van der Waals surface area contributed by atoms with Crippen molar-refractivity contribution in [3.63, 3.8) is 0 Å². The fourth-order valence-corrected chi connectivity index (χ4v) is 1.29. The quantitative estimate of drug-likeness (QED) is 0.827. The third-order valence-electron chi connectivity index (χ3n) is 1.87. The molecular formula is C11H12ClNO2. The van der Waals surface area contributed by atoms with Gasteiger partial charge >= 0.3 is 5.97 Å². The zero-order valence-corrected chi connectivity index (χ0v) is 8.87.